The van der Waals surface area contributed by atoms with Crippen molar-refractivity contribution in [3.05, 3.63) is 30.0 Å². The molecule has 15 heavy (non-hydrogen) atoms. The molecule has 0 aliphatic carbocycles. The lowest BCUT2D eigenvalue weighted by Gasteiger charge is -2.23. The quantitative estimate of drug-likeness (QED) is 0.684. The molecule has 1 aromatic heterocycles. The van der Waals surface area contributed by atoms with Crippen LogP contribution in [0.15, 0.2) is 24.3 Å². The van der Waals surface area contributed by atoms with Gasteiger partial charge in [-0.2, -0.15) is 0 Å². The van der Waals surface area contributed by atoms with Gasteiger partial charge in [-0.15, -0.1) is 0 Å². The van der Waals surface area contributed by atoms with Crippen LogP contribution < -0.4 is 5.32 Å². The first-order valence-corrected chi connectivity index (χ1v) is 5.28. The minimum absolute atomic E-state index is 0.339. The fraction of sp³-hybridized carbons (Fsp3) is 0.333. The summed E-state index contributed by atoms with van der Waals surface area (Å²) >= 11 is 0. The zero-order chi connectivity index (χ0) is 10.4. The van der Waals surface area contributed by atoms with E-state index in [0.717, 1.165) is 18.5 Å². The summed E-state index contributed by atoms with van der Waals surface area (Å²) in [6, 6.07) is 8.23. The molecule has 0 fully saturated rings. The van der Waals surface area contributed by atoms with Crippen LogP contribution >= 0.6 is 0 Å². The van der Waals surface area contributed by atoms with E-state index in [1.54, 1.807) is 6.07 Å². The van der Waals surface area contributed by atoms with Crippen molar-refractivity contribution < 1.29 is 5.11 Å². The van der Waals surface area contributed by atoms with Crippen molar-refractivity contribution >= 4 is 10.9 Å². The van der Waals surface area contributed by atoms with Gasteiger partial charge in [-0.25, -0.2) is 0 Å². The average Bonchev–Trinajstić information content (AvgIpc) is 2.54. The van der Waals surface area contributed by atoms with Crippen LogP contribution in [-0.4, -0.2) is 15.7 Å². The summed E-state index contributed by atoms with van der Waals surface area (Å²) in [5, 5.41) is 14.0. The zero-order valence-electron chi connectivity index (χ0n) is 8.70. The number of rotatable bonds is 0. The van der Waals surface area contributed by atoms with Gasteiger partial charge in [0.05, 0.1) is 0 Å². The first kappa shape index (κ1) is 8.80. The Morgan fingerprint density at radius 1 is 1.40 bits per heavy atom. The maximum Gasteiger partial charge on any atom is 0.116 e. The van der Waals surface area contributed by atoms with E-state index < -0.39 is 0 Å². The van der Waals surface area contributed by atoms with Crippen molar-refractivity contribution in [2.45, 2.75) is 26.1 Å². The maximum absolute atomic E-state index is 9.42. The second-order valence-electron chi connectivity index (χ2n) is 4.27. The fourth-order valence-corrected chi connectivity index (χ4v) is 2.29. The molecule has 2 N–H and O–H groups in total. The Hall–Kier alpha value is -1.48. The normalized spacial score (nSPS) is 20.5. The predicted molar refractivity (Wildman–Crippen MR) is 59.9 cm³/mol. The molecule has 0 saturated heterocycles. The molecular formula is C12H14N2O. The summed E-state index contributed by atoms with van der Waals surface area (Å²) in [5.41, 5.74) is 2.52. The number of fused-ring (bicyclic) bond motifs is 3. The summed E-state index contributed by atoms with van der Waals surface area (Å²) in [6.45, 7) is 4.11. The van der Waals surface area contributed by atoms with Gasteiger partial charge in [0.2, 0.25) is 0 Å². The lowest BCUT2D eigenvalue weighted by atomic mass is 10.2. The fourth-order valence-electron chi connectivity index (χ4n) is 2.29. The van der Waals surface area contributed by atoms with Crippen molar-refractivity contribution in [1.29, 1.82) is 0 Å². The maximum atomic E-state index is 9.42. The van der Waals surface area contributed by atoms with Gasteiger partial charge in [0.1, 0.15) is 5.75 Å². The van der Waals surface area contributed by atoms with Gasteiger partial charge < -0.3 is 15.0 Å². The summed E-state index contributed by atoms with van der Waals surface area (Å²) < 4.78 is 2.33. The van der Waals surface area contributed by atoms with E-state index in [9.17, 15) is 5.11 Å². The highest BCUT2D eigenvalue weighted by Gasteiger charge is 2.16. The Kier molecular flexibility index (Phi) is 1.76. The minimum atomic E-state index is 0.339. The summed E-state index contributed by atoms with van der Waals surface area (Å²) in [6.07, 6.45) is 0. The van der Waals surface area contributed by atoms with Crippen LogP contribution in [0.5, 0.6) is 5.75 Å². The Morgan fingerprint density at radius 2 is 2.27 bits per heavy atom. The van der Waals surface area contributed by atoms with Crippen molar-refractivity contribution in [3.63, 3.8) is 0 Å². The number of hydrogen-bond donors (Lipinski definition) is 2. The third-order valence-corrected chi connectivity index (χ3v) is 3.06. The van der Waals surface area contributed by atoms with E-state index in [0.29, 0.717) is 11.8 Å². The summed E-state index contributed by atoms with van der Waals surface area (Å²) in [5.74, 6) is 0.339. The molecular weight excluding hydrogens is 188 g/mol. The Bertz CT molecular complexity index is 516. The van der Waals surface area contributed by atoms with E-state index >= 15 is 0 Å². The second-order valence-corrected chi connectivity index (χ2v) is 4.27. The molecule has 3 rings (SSSR count). The molecule has 78 valence electrons. The van der Waals surface area contributed by atoms with Gasteiger partial charge in [-0.1, -0.05) is 0 Å². The van der Waals surface area contributed by atoms with Crippen molar-refractivity contribution in [2.24, 2.45) is 0 Å². The number of aromatic nitrogens is 1. The molecule has 2 heterocycles. The predicted octanol–water partition coefficient (Wildman–Crippen LogP) is 1.84. The van der Waals surface area contributed by atoms with E-state index in [4.69, 9.17) is 0 Å². The monoisotopic (exact) mass is 202 g/mol. The van der Waals surface area contributed by atoms with Crippen LogP contribution in [0.2, 0.25) is 0 Å². The number of nitrogens with zero attached hydrogens (tertiary/aromatic N) is 1. The Labute approximate surface area is 88.3 Å². The van der Waals surface area contributed by atoms with Gasteiger partial charge in [0.25, 0.3) is 0 Å². The van der Waals surface area contributed by atoms with Crippen LogP contribution in [0.25, 0.3) is 10.9 Å². The number of phenolic OH excluding ortho intramolecular Hbond substituents is 1. The molecule has 1 atom stereocenters. The highest BCUT2D eigenvalue weighted by atomic mass is 16.3. The molecule has 0 bridgehead atoms. The van der Waals surface area contributed by atoms with Crippen LogP contribution in [0.3, 0.4) is 0 Å². The topological polar surface area (TPSA) is 37.2 Å². The molecule has 0 amide bonds. The average molecular weight is 202 g/mol. The lowest BCUT2D eigenvalue weighted by molar-refractivity contribution is 0.424. The summed E-state index contributed by atoms with van der Waals surface area (Å²) in [7, 11) is 0. The van der Waals surface area contributed by atoms with Gasteiger partial charge in [0, 0.05) is 35.7 Å². The SMILES string of the molecule is C[C@@H]1Cn2c(cc3cc(O)ccc32)CN1. The Morgan fingerprint density at radius 3 is 3.13 bits per heavy atom. The summed E-state index contributed by atoms with van der Waals surface area (Å²) in [4.78, 5) is 0. The van der Waals surface area contributed by atoms with Crippen LogP contribution in [0.4, 0.5) is 0 Å². The van der Waals surface area contributed by atoms with Crippen molar-refractivity contribution in [1.82, 2.24) is 9.88 Å². The molecule has 0 unspecified atom stereocenters. The Balaban J connectivity index is 2.24. The highest BCUT2D eigenvalue weighted by Crippen LogP contribution is 2.25. The third kappa shape index (κ3) is 1.31. The van der Waals surface area contributed by atoms with Gasteiger partial charge >= 0.3 is 0 Å². The number of hydrogen-bond acceptors (Lipinski definition) is 2. The van der Waals surface area contributed by atoms with Gasteiger partial charge in [-0.3, -0.25) is 0 Å². The van der Waals surface area contributed by atoms with E-state index in [1.807, 2.05) is 12.1 Å². The molecule has 1 aromatic carbocycles. The van der Waals surface area contributed by atoms with E-state index in [2.05, 4.69) is 22.9 Å². The number of nitrogens with one attached hydrogen (secondary N) is 1. The highest BCUT2D eigenvalue weighted by molar-refractivity contribution is 5.83. The molecule has 0 spiro atoms. The second kappa shape index (κ2) is 3.00. The smallest absolute Gasteiger partial charge is 0.116 e. The van der Waals surface area contributed by atoms with Crippen molar-refractivity contribution in [2.75, 3.05) is 0 Å². The van der Waals surface area contributed by atoms with E-state index in [-0.39, 0.29) is 0 Å². The standard InChI is InChI=1S/C12H14N2O/c1-8-7-14-10(6-13-8)4-9-5-11(15)2-3-12(9)14/h2-5,8,13,15H,6-7H2,1H3/t8-/m1/s1. The van der Waals surface area contributed by atoms with Crippen molar-refractivity contribution in [3.8, 4) is 5.75 Å². The molecule has 3 nitrogen and oxygen atoms in total. The zero-order valence-corrected chi connectivity index (χ0v) is 8.70. The number of aromatic hydroxyl groups is 1. The van der Waals surface area contributed by atoms with Crippen LogP contribution in [0.1, 0.15) is 12.6 Å². The molecule has 1 aliphatic rings. The van der Waals surface area contributed by atoms with Crippen LogP contribution in [0, 0.1) is 0 Å². The molecule has 2 aromatic rings. The van der Waals surface area contributed by atoms with Crippen LogP contribution in [-0.2, 0) is 13.1 Å². The van der Waals surface area contributed by atoms with Gasteiger partial charge in [0.15, 0.2) is 0 Å². The van der Waals surface area contributed by atoms with Gasteiger partial charge in [-0.05, 0) is 31.2 Å². The third-order valence-electron chi connectivity index (χ3n) is 3.06. The molecule has 0 radical (unpaired) electrons. The number of phenols is 1. The number of benzene rings is 1. The lowest BCUT2D eigenvalue weighted by Crippen LogP contribution is -2.35. The first-order chi connectivity index (χ1) is 7.24. The largest absolute Gasteiger partial charge is 0.508 e. The van der Waals surface area contributed by atoms with E-state index in [1.165, 1.54) is 11.2 Å². The molecule has 0 saturated carbocycles. The molecule has 1 aliphatic heterocycles. The molecule has 3 heteroatoms. The first-order valence-electron chi connectivity index (χ1n) is 5.28. The minimum Gasteiger partial charge on any atom is -0.508 e.